The summed E-state index contributed by atoms with van der Waals surface area (Å²) in [5, 5.41) is 10.7. The molecule has 0 spiro atoms. The van der Waals surface area contributed by atoms with Crippen molar-refractivity contribution in [2.75, 3.05) is 13.7 Å². The molecule has 0 aromatic heterocycles. The van der Waals surface area contributed by atoms with E-state index in [1.807, 2.05) is 13.8 Å². The summed E-state index contributed by atoms with van der Waals surface area (Å²) in [6, 6.07) is 4.54. The van der Waals surface area contributed by atoms with E-state index in [-0.39, 0.29) is 12.3 Å². The smallest absolute Gasteiger partial charge is 0.273 e. The number of nitro groups is 1. The molecule has 18 heavy (non-hydrogen) atoms. The molecule has 1 aromatic rings. The third-order valence-corrected chi connectivity index (χ3v) is 2.14. The van der Waals surface area contributed by atoms with E-state index in [0.717, 1.165) is 0 Å². The van der Waals surface area contributed by atoms with Gasteiger partial charge in [-0.05, 0) is 25.5 Å². The Bertz CT molecular complexity index is 427. The molecule has 0 radical (unpaired) electrons. The maximum atomic E-state index is 10.7. The molecule has 0 fully saturated rings. The molecule has 0 saturated carbocycles. The molecule has 0 aliphatic rings. The van der Waals surface area contributed by atoms with Crippen LogP contribution in [0.4, 0.5) is 5.69 Å². The van der Waals surface area contributed by atoms with E-state index in [9.17, 15) is 10.1 Å². The van der Waals surface area contributed by atoms with Crippen molar-refractivity contribution >= 4 is 5.69 Å². The van der Waals surface area contributed by atoms with Gasteiger partial charge in [-0.1, -0.05) is 0 Å². The Kier molecular flexibility index (Phi) is 4.63. The van der Waals surface area contributed by atoms with Crippen LogP contribution in [-0.2, 0) is 11.3 Å². The molecule has 0 aliphatic heterocycles. The van der Waals surface area contributed by atoms with Gasteiger partial charge in [-0.15, -0.1) is 0 Å². The van der Waals surface area contributed by atoms with Crippen molar-refractivity contribution < 1.29 is 14.4 Å². The molecule has 0 unspecified atom stereocenters. The van der Waals surface area contributed by atoms with Gasteiger partial charge in [0.15, 0.2) is 0 Å². The Morgan fingerprint density at radius 3 is 2.56 bits per heavy atom. The summed E-state index contributed by atoms with van der Waals surface area (Å²) in [5.41, 5.74) is 6.02. The number of ether oxygens (including phenoxy) is 2. The van der Waals surface area contributed by atoms with E-state index in [4.69, 9.17) is 15.2 Å². The van der Waals surface area contributed by atoms with Crippen LogP contribution in [0.1, 0.15) is 19.4 Å². The van der Waals surface area contributed by atoms with Crippen molar-refractivity contribution in [3.63, 3.8) is 0 Å². The predicted octanol–water partition coefficient (Wildman–Crippen LogP) is 1.86. The van der Waals surface area contributed by atoms with Crippen molar-refractivity contribution in [3.05, 3.63) is 33.9 Å². The van der Waals surface area contributed by atoms with Crippen LogP contribution in [0.15, 0.2) is 18.2 Å². The van der Waals surface area contributed by atoms with Crippen LogP contribution in [0.25, 0.3) is 0 Å². The summed E-state index contributed by atoms with van der Waals surface area (Å²) in [6.45, 7) is 4.33. The predicted molar refractivity (Wildman–Crippen MR) is 67.6 cm³/mol. The Morgan fingerprint density at radius 2 is 2.06 bits per heavy atom. The van der Waals surface area contributed by atoms with Gasteiger partial charge in [0.1, 0.15) is 5.75 Å². The summed E-state index contributed by atoms with van der Waals surface area (Å²) >= 11 is 0. The lowest BCUT2D eigenvalue weighted by Crippen LogP contribution is -2.37. The largest absolute Gasteiger partial charge is 0.496 e. The molecule has 0 amide bonds. The van der Waals surface area contributed by atoms with E-state index in [1.165, 1.54) is 19.2 Å². The molecule has 0 atom stereocenters. The van der Waals surface area contributed by atoms with Gasteiger partial charge >= 0.3 is 0 Å². The molecule has 0 aliphatic carbocycles. The van der Waals surface area contributed by atoms with E-state index < -0.39 is 10.5 Å². The standard InChI is InChI=1S/C12H18N2O4/c1-12(2,13)8-18-7-9-4-10(14(15)16)6-11(5-9)17-3/h4-6H,7-8,13H2,1-3H3. The van der Waals surface area contributed by atoms with Gasteiger partial charge in [-0.3, -0.25) is 10.1 Å². The SMILES string of the molecule is COc1cc(COCC(C)(C)N)cc([N+](=O)[O-])c1. The average molecular weight is 254 g/mol. The Hall–Kier alpha value is -1.66. The number of rotatable bonds is 6. The molecular weight excluding hydrogens is 236 g/mol. The minimum absolute atomic E-state index is 0.0139. The molecule has 0 heterocycles. The number of nitrogens with zero attached hydrogens (tertiary/aromatic N) is 1. The number of hydrogen-bond donors (Lipinski definition) is 1. The van der Waals surface area contributed by atoms with Crippen LogP contribution in [-0.4, -0.2) is 24.2 Å². The highest BCUT2D eigenvalue weighted by Crippen LogP contribution is 2.23. The van der Waals surface area contributed by atoms with Gasteiger partial charge in [-0.2, -0.15) is 0 Å². The Balaban J connectivity index is 2.76. The van der Waals surface area contributed by atoms with E-state index in [0.29, 0.717) is 17.9 Å². The van der Waals surface area contributed by atoms with Gasteiger partial charge in [0.25, 0.3) is 5.69 Å². The fourth-order valence-corrected chi connectivity index (χ4v) is 1.38. The monoisotopic (exact) mass is 254 g/mol. The third-order valence-electron chi connectivity index (χ3n) is 2.14. The van der Waals surface area contributed by atoms with Crippen LogP contribution in [0.3, 0.4) is 0 Å². The second-order valence-electron chi connectivity index (χ2n) is 4.78. The molecule has 2 N–H and O–H groups in total. The molecule has 1 rings (SSSR count). The molecule has 100 valence electrons. The second kappa shape index (κ2) is 5.79. The number of non-ortho nitro benzene ring substituents is 1. The Morgan fingerprint density at radius 1 is 1.39 bits per heavy atom. The fourth-order valence-electron chi connectivity index (χ4n) is 1.38. The molecule has 1 aromatic carbocycles. The van der Waals surface area contributed by atoms with Crippen LogP contribution < -0.4 is 10.5 Å². The maximum absolute atomic E-state index is 10.7. The average Bonchev–Trinajstić information content (AvgIpc) is 2.26. The molecule has 6 heteroatoms. The first-order valence-corrected chi connectivity index (χ1v) is 5.51. The number of nitrogens with two attached hydrogens (primary N) is 1. The van der Waals surface area contributed by atoms with Gasteiger partial charge < -0.3 is 15.2 Å². The van der Waals surface area contributed by atoms with E-state index >= 15 is 0 Å². The fraction of sp³-hybridized carbons (Fsp3) is 0.500. The first-order chi connectivity index (χ1) is 8.31. The quantitative estimate of drug-likeness (QED) is 0.618. The normalized spacial score (nSPS) is 11.3. The number of hydrogen-bond acceptors (Lipinski definition) is 5. The second-order valence-corrected chi connectivity index (χ2v) is 4.78. The van der Waals surface area contributed by atoms with E-state index in [1.54, 1.807) is 6.07 Å². The van der Waals surface area contributed by atoms with Crippen molar-refractivity contribution in [1.29, 1.82) is 0 Å². The summed E-state index contributed by atoms with van der Waals surface area (Å²) in [7, 11) is 1.46. The number of nitro benzene ring substituents is 1. The first-order valence-electron chi connectivity index (χ1n) is 5.51. The van der Waals surface area contributed by atoms with Crippen molar-refractivity contribution in [3.8, 4) is 5.75 Å². The van der Waals surface area contributed by atoms with Crippen LogP contribution in [0, 0.1) is 10.1 Å². The zero-order valence-electron chi connectivity index (χ0n) is 10.8. The molecular formula is C12H18N2O4. The highest BCUT2D eigenvalue weighted by Gasteiger charge is 2.13. The van der Waals surface area contributed by atoms with Crippen LogP contribution >= 0.6 is 0 Å². The van der Waals surface area contributed by atoms with Gasteiger partial charge in [0.05, 0.1) is 31.3 Å². The maximum Gasteiger partial charge on any atom is 0.273 e. The Labute approximate surface area is 106 Å². The summed E-state index contributed by atoms with van der Waals surface area (Å²) in [6.07, 6.45) is 0. The highest BCUT2D eigenvalue weighted by molar-refractivity contribution is 5.42. The van der Waals surface area contributed by atoms with Crippen LogP contribution in [0.5, 0.6) is 5.75 Å². The molecule has 0 saturated heterocycles. The zero-order valence-corrected chi connectivity index (χ0v) is 10.8. The summed E-state index contributed by atoms with van der Waals surface area (Å²) in [5.74, 6) is 0.440. The van der Waals surface area contributed by atoms with Gasteiger partial charge in [-0.25, -0.2) is 0 Å². The number of benzene rings is 1. The van der Waals surface area contributed by atoms with Crippen molar-refractivity contribution in [2.24, 2.45) is 5.73 Å². The topological polar surface area (TPSA) is 87.6 Å². The highest BCUT2D eigenvalue weighted by atomic mass is 16.6. The third kappa shape index (κ3) is 4.68. The summed E-state index contributed by atoms with van der Waals surface area (Å²) in [4.78, 5) is 10.3. The lowest BCUT2D eigenvalue weighted by Gasteiger charge is -2.18. The van der Waals surface area contributed by atoms with Crippen molar-refractivity contribution in [1.82, 2.24) is 0 Å². The first kappa shape index (κ1) is 14.4. The lowest BCUT2D eigenvalue weighted by molar-refractivity contribution is -0.385. The van der Waals surface area contributed by atoms with Crippen LogP contribution in [0.2, 0.25) is 0 Å². The lowest BCUT2D eigenvalue weighted by atomic mass is 10.1. The van der Waals surface area contributed by atoms with Gasteiger partial charge in [0, 0.05) is 11.6 Å². The molecule has 0 bridgehead atoms. The minimum atomic E-state index is -0.459. The zero-order chi connectivity index (χ0) is 13.8. The van der Waals surface area contributed by atoms with Gasteiger partial charge in [0.2, 0.25) is 0 Å². The number of methoxy groups -OCH3 is 1. The van der Waals surface area contributed by atoms with Crippen molar-refractivity contribution in [2.45, 2.75) is 26.0 Å². The van der Waals surface area contributed by atoms with E-state index in [2.05, 4.69) is 0 Å². The molecule has 6 nitrogen and oxygen atoms in total. The minimum Gasteiger partial charge on any atom is -0.496 e. The summed E-state index contributed by atoms with van der Waals surface area (Å²) < 4.78 is 10.4.